The fourth-order valence-corrected chi connectivity index (χ4v) is 2.26. The van der Waals surface area contributed by atoms with Gasteiger partial charge in [-0.05, 0) is 44.0 Å². The molecule has 0 spiro atoms. The van der Waals surface area contributed by atoms with Crippen molar-refractivity contribution in [1.29, 1.82) is 0 Å². The van der Waals surface area contributed by atoms with Gasteiger partial charge in [0.05, 0.1) is 0 Å². The van der Waals surface area contributed by atoms with Gasteiger partial charge in [0.25, 0.3) is 0 Å². The van der Waals surface area contributed by atoms with Gasteiger partial charge in [-0.3, -0.25) is 0 Å². The van der Waals surface area contributed by atoms with Crippen molar-refractivity contribution in [2.45, 2.75) is 46.6 Å². The van der Waals surface area contributed by atoms with Crippen LogP contribution in [0.3, 0.4) is 0 Å². The zero-order valence-electron chi connectivity index (χ0n) is 13.7. The first-order valence-electron chi connectivity index (χ1n) is 7.28. The predicted octanol–water partition coefficient (Wildman–Crippen LogP) is 5.37. The number of hydrogen-bond acceptors (Lipinski definition) is 1. The highest BCUT2D eigenvalue weighted by Crippen LogP contribution is 2.37. The van der Waals surface area contributed by atoms with Gasteiger partial charge in [-0.2, -0.15) is 0 Å². The number of benzene rings is 1. The Morgan fingerprint density at radius 1 is 1.20 bits per heavy atom. The van der Waals surface area contributed by atoms with Crippen molar-refractivity contribution in [2.75, 3.05) is 13.6 Å². The maximum Gasteiger partial charge on any atom is 0.0406 e. The summed E-state index contributed by atoms with van der Waals surface area (Å²) in [6.07, 6.45) is 0. The lowest BCUT2D eigenvalue weighted by Gasteiger charge is -2.34. The van der Waals surface area contributed by atoms with Crippen molar-refractivity contribution in [3.8, 4) is 0 Å². The molecule has 0 aliphatic heterocycles. The summed E-state index contributed by atoms with van der Waals surface area (Å²) in [4.78, 5) is 2.37. The molecule has 1 atom stereocenters. The van der Waals surface area contributed by atoms with Gasteiger partial charge in [-0.1, -0.05) is 56.7 Å². The summed E-state index contributed by atoms with van der Waals surface area (Å²) in [6, 6.07) is 8.71. The molecule has 112 valence electrons. The largest absolute Gasteiger partial charge is 0.303 e. The van der Waals surface area contributed by atoms with Crippen molar-refractivity contribution >= 4 is 11.6 Å². The minimum Gasteiger partial charge on any atom is -0.303 e. The highest BCUT2D eigenvalue weighted by molar-refractivity contribution is 6.30. The third-order valence-corrected chi connectivity index (χ3v) is 4.26. The quantitative estimate of drug-likeness (QED) is 0.660. The summed E-state index contributed by atoms with van der Waals surface area (Å²) in [5, 5.41) is 0.783. The van der Waals surface area contributed by atoms with Crippen LogP contribution in [0.15, 0.2) is 36.4 Å². The Labute approximate surface area is 129 Å². The first-order chi connectivity index (χ1) is 9.12. The Morgan fingerprint density at radius 2 is 1.70 bits per heavy atom. The van der Waals surface area contributed by atoms with Crippen molar-refractivity contribution in [2.24, 2.45) is 5.41 Å². The monoisotopic (exact) mass is 293 g/mol. The fraction of sp³-hybridized carbons (Fsp3) is 0.556. The minimum atomic E-state index is 0.0993. The Kier molecular flexibility index (Phi) is 5.85. The summed E-state index contributed by atoms with van der Waals surface area (Å²) in [6.45, 7) is 16.5. The number of likely N-dealkylation sites (N-methyl/N-ethyl adjacent to an activating group) is 1. The Morgan fingerprint density at radius 3 is 2.10 bits per heavy atom. The molecule has 0 heterocycles. The molecule has 1 aromatic rings. The van der Waals surface area contributed by atoms with Gasteiger partial charge in [-0.15, -0.1) is 0 Å². The second-order valence-corrected chi connectivity index (χ2v) is 7.35. The average molecular weight is 294 g/mol. The number of rotatable bonds is 5. The Bertz CT molecular complexity index is 439. The fourth-order valence-electron chi connectivity index (χ4n) is 2.13. The van der Waals surface area contributed by atoms with Crippen LogP contribution in [0.2, 0.25) is 5.02 Å². The van der Waals surface area contributed by atoms with E-state index in [9.17, 15) is 0 Å². The highest BCUT2D eigenvalue weighted by Gasteiger charge is 2.26. The maximum atomic E-state index is 6.01. The number of hydrogen-bond donors (Lipinski definition) is 0. The molecule has 0 aliphatic rings. The van der Waals surface area contributed by atoms with E-state index < -0.39 is 0 Å². The van der Waals surface area contributed by atoms with E-state index in [1.165, 1.54) is 11.1 Å². The van der Waals surface area contributed by atoms with Crippen LogP contribution >= 0.6 is 11.6 Å². The van der Waals surface area contributed by atoms with Gasteiger partial charge in [0.2, 0.25) is 0 Å². The third-order valence-electron chi connectivity index (χ3n) is 4.01. The Hall–Kier alpha value is -0.790. The molecule has 0 fully saturated rings. The second-order valence-electron chi connectivity index (χ2n) is 6.91. The third kappa shape index (κ3) is 4.64. The normalized spacial score (nSPS) is 13.8. The number of halogens is 1. The number of nitrogens with zero attached hydrogens (tertiary/aromatic N) is 1. The first kappa shape index (κ1) is 17.3. The summed E-state index contributed by atoms with van der Waals surface area (Å²) in [7, 11) is 2.17. The molecule has 0 N–H and O–H groups in total. The van der Waals surface area contributed by atoms with Crippen molar-refractivity contribution < 1.29 is 0 Å². The van der Waals surface area contributed by atoms with Gasteiger partial charge in [0.1, 0.15) is 0 Å². The summed E-state index contributed by atoms with van der Waals surface area (Å²) in [5.74, 6) is 0.333. The lowest BCUT2D eigenvalue weighted by molar-refractivity contribution is 0.256. The average Bonchev–Trinajstić information content (AvgIpc) is 2.34. The molecular formula is C18H28ClN. The molecule has 0 bridgehead atoms. The predicted molar refractivity (Wildman–Crippen MR) is 90.6 cm³/mol. The van der Waals surface area contributed by atoms with E-state index in [-0.39, 0.29) is 5.41 Å². The summed E-state index contributed by atoms with van der Waals surface area (Å²) < 4.78 is 0. The zero-order chi connectivity index (χ0) is 15.5. The Balaban J connectivity index is 3.07. The van der Waals surface area contributed by atoms with Crippen LogP contribution in [0, 0.1) is 5.41 Å². The van der Waals surface area contributed by atoms with Gasteiger partial charge < -0.3 is 4.90 Å². The molecule has 1 nitrogen and oxygen atoms in total. The van der Waals surface area contributed by atoms with Crippen molar-refractivity contribution in [3.63, 3.8) is 0 Å². The standard InChI is InChI=1S/C18H28ClN/c1-13(2)20(7)12-17(14(3)18(4,5)6)15-8-10-16(19)11-9-15/h8-11,13,17H,3,12H2,1-2,4-7H3/t17-/m0/s1. The molecule has 2 heteroatoms. The smallest absolute Gasteiger partial charge is 0.0406 e. The van der Waals surface area contributed by atoms with Crippen LogP contribution in [0.1, 0.15) is 46.1 Å². The molecule has 0 saturated carbocycles. The molecule has 0 amide bonds. The summed E-state index contributed by atoms with van der Waals surface area (Å²) in [5.41, 5.74) is 2.66. The van der Waals surface area contributed by atoms with Gasteiger partial charge >= 0.3 is 0 Å². The topological polar surface area (TPSA) is 3.24 Å². The van der Waals surface area contributed by atoms with Gasteiger partial charge in [-0.25, -0.2) is 0 Å². The van der Waals surface area contributed by atoms with E-state index in [0.29, 0.717) is 12.0 Å². The van der Waals surface area contributed by atoms with Gasteiger partial charge in [0.15, 0.2) is 0 Å². The van der Waals surface area contributed by atoms with E-state index in [1.54, 1.807) is 0 Å². The van der Waals surface area contributed by atoms with Crippen LogP contribution in [0.25, 0.3) is 0 Å². The first-order valence-corrected chi connectivity index (χ1v) is 7.65. The zero-order valence-corrected chi connectivity index (χ0v) is 14.5. The molecule has 20 heavy (non-hydrogen) atoms. The molecule has 0 saturated heterocycles. The second kappa shape index (κ2) is 6.78. The van der Waals surface area contributed by atoms with E-state index in [2.05, 4.69) is 65.3 Å². The van der Waals surface area contributed by atoms with Crippen LogP contribution in [0.4, 0.5) is 0 Å². The van der Waals surface area contributed by atoms with E-state index in [1.807, 2.05) is 12.1 Å². The van der Waals surface area contributed by atoms with Crippen molar-refractivity contribution in [1.82, 2.24) is 4.90 Å². The van der Waals surface area contributed by atoms with E-state index >= 15 is 0 Å². The minimum absolute atomic E-state index is 0.0993. The molecule has 1 rings (SSSR count). The molecule has 0 aliphatic carbocycles. The van der Waals surface area contributed by atoms with E-state index in [0.717, 1.165) is 11.6 Å². The van der Waals surface area contributed by atoms with E-state index in [4.69, 9.17) is 11.6 Å². The van der Waals surface area contributed by atoms with Gasteiger partial charge in [0, 0.05) is 23.5 Å². The molecule has 0 aromatic heterocycles. The molecule has 0 radical (unpaired) electrons. The molecular weight excluding hydrogens is 266 g/mol. The molecule has 1 aromatic carbocycles. The molecule has 0 unspecified atom stereocenters. The highest BCUT2D eigenvalue weighted by atomic mass is 35.5. The lowest BCUT2D eigenvalue weighted by atomic mass is 9.76. The van der Waals surface area contributed by atoms with Crippen LogP contribution in [-0.2, 0) is 0 Å². The van der Waals surface area contributed by atoms with Crippen LogP contribution < -0.4 is 0 Å². The summed E-state index contributed by atoms with van der Waals surface area (Å²) >= 11 is 6.01. The van der Waals surface area contributed by atoms with Crippen LogP contribution in [0.5, 0.6) is 0 Å². The maximum absolute atomic E-state index is 6.01. The van der Waals surface area contributed by atoms with Crippen LogP contribution in [-0.4, -0.2) is 24.5 Å². The SMILES string of the molecule is C=C([C@H](CN(C)C(C)C)c1ccc(Cl)cc1)C(C)(C)C. The lowest BCUT2D eigenvalue weighted by Crippen LogP contribution is -2.33. The van der Waals surface area contributed by atoms with Crippen molar-refractivity contribution in [3.05, 3.63) is 47.0 Å².